The highest BCUT2D eigenvalue weighted by Gasteiger charge is 2.23. The van der Waals surface area contributed by atoms with E-state index in [9.17, 15) is 16.8 Å². The predicted molar refractivity (Wildman–Crippen MR) is 239 cm³/mol. The molecule has 9 rings (SSSR count). The highest BCUT2D eigenvalue weighted by Crippen LogP contribution is 2.29. The zero-order valence-corrected chi connectivity index (χ0v) is 37.1. The summed E-state index contributed by atoms with van der Waals surface area (Å²) in [6, 6.07) is 12.2. The van der Waals surface area contributed by atoms with Crippen LogP contribution in [0.1, 0.15) is 92.3 Å². The van der Waals surface area contributed by atoms with E-state index in [-0.39, 0.29) is 22.1 Å². The van der Waals surface area contributed by atoms with Crippen LogP contribution in [-0.4, -0.2) is 68.0 Å². The van der Waals surface area contributed by atoms with Crippen LogP contribution in [0.5, 0.6) is 0 Å². The van der Waals surface area contributed by atoms with Crippen molar-refractivity contribution in [3.63, 3.8) is 0 Å². The minimum absolute atomic E-state index is 0.131. The van der Waals surface area contributed by atoms with Crippen molar-refractivity contribution in [1.29, 1.82) is 0 Å². The molecule has 0 spiro atoms. The number of pyridine rings is 2. The van der Waals surface area contributed by atoms with Crippen LogP contribution < -0.4 is 5.73 Å². The summed E-state index contributed by atoms with van der Waals surface area (Å²) in [7, 11) is -7.39. The van der Waals surface area contributed by atoms with Crippen LogP contribution in [0.25, 0.3) is 22.1 Å². The summed E-state index contributed by atoms with van der Waals surface area (Å²) in [5.41, 5.74) is 10.3. The van der Waals surface area contributed by atoms with E-state index in [2.05, 4.69) is 34.9 Å². The van der Waals surface area contributed by atoms with Crippen LogP contribution in [-0.2, 0) is 39.1 Å². The second-order valence-electron chi connectivity index (χ2n) is 15.8. The molecule has 2 aliphatic carbocycles. The van der Waals surface area contributed by atoms with Crippen molar-refractivity contribution in [1.82, 2.24) is 38.9 Å². The van der Waals surface area contributed by atoms with Gasteiger partial charge in [-0.15, -0.1) is 0 Å². The van der Waals surface area contributed by atoms with E-state index in [4.69, 9.17) is 28.9 Å². The lowest BCUT2D eigenvalue weighted by atomic mass is 9.87. The second kappa shape index (κ2) is 19.9. The van der Waals surface area contributed by atoms with Crippen molar-refractivity contribution >= 4 is 65.1 Å². The molecule has 2 aliphatic rings. The normalized spacial score (nSPS) is 15.2. The number of aromatic nitrogens is 8. The van der Waals surface area contributed by atoms with Gasteiger partial charge in [0.15, 0.2) is 5.65 Å². The molecule has 3 N–H and O–H groups in total. The molecule has 6 heterocycles. The number of nitrogens with zero attached hydrogens (tertiary/aromatic N) is 7. The Labute approximate surface area is 366 Å². The third-order valence-electron chi connectivity index (χ3n) is 11.0. The second-order valence-corrected chi connectivity index (χ2v) is 20.4. The number of rotatable bonds is 9. The number of benzene rings is 1. The molecule has 17 heteroatoms. The van der Waals surface area contributed by atoms with Gasteiger partial charge in [0.1, 0.15) is 11.5 Å². The molecule has 0 atom stereocenters. The summed E-state index contributed by atoms with van der Waals surface area (Å²) < 4.78 is 50.5. The Morgan fingerprint density at radius 3 is 1.89 bits per heavy atom. The Morgan fingerprint density at radius 2 is 1.28 bits per heavy atom. The average Bonchev–Trinajstić information content (AvgIpc) is 3.83. The summed E-state index contributed by atoms with van der Waals surface area (Å²) >= 11 is 12.2. The number of nitrogens with one attached hydrogen (secondary N) is 1. The van der Waals surface area contributed by atoms with Crippen LogP contribution in [0, 0.1) is 5.92 Å². The van der Waals surface area contributed by atoms with Gasteiger partial charge in [0.05, 0.1) is 14.9 Å². The summed E-state index contributed by atoms with van der Waals surface area (Å²) in [5, 5.41) is 2.37. The molecule has 61 heavy (non-hydrogen) atoms. The highest BCUT2D eigenvalue weighted by atomic mass is 35.5. The Balaban J connectivity index is 0.000000161. The molecule has 320 valence electrons. The van der Waals surface area contributed by atoms with Gasteiger partial charge in [-0.05, 0) is 65.3 Å². The average molecular weight is 903 g/mol. The van der Waals surface area contributed by atoms with E-state index < -0.39 is 19.9 Å². The largest absolute Gasteiger partial charge is 0.346 e. The molecular formula is C44H49Cl2N9O4S2. The van der Waals surface area contributed by atoms with Gasteiger partial charge >= 0.3 is 0 Å². The number of hydrogen-bond donors (Lipinski definition) is 2. The van der Waals surface area contributed by atoms with Crippen LogP contribution in [0.2, 0.25) is 10.0 Å². The molecule has 0 saturated heterocycles. The Kier molecular flexibility index (Phi) is 14.5. The first-order chi connectivity index (χ1) is 29.3. The quantitative estimate of drug-likeness (QED) is 0.132. The summed E-state index contributed by atoms with van der Waals surface area (Å²) in [6.07, 6.45) is 29.8. The number of fused-ring (bicyclic) bond motifs is 2. The predicted octanol–water partition coefficient (Wildman–Crippen LogP) is 8.71. The first kappa shape index (κ1) is 44.3. The van der Waals surface area contributed by atoms with E-state index in [1.807, 2.05) is 24.7 Å². The van der Waals surface area contributed by atoms with Crippen molar-refractivity contribution in [2.45, 2.75) is 99.6 Å². The van der Waals surface area contributed by atoms with Gasteiger partial charge in [0.25, 0.3) is 10.0 Å². The first-order valence-electron chi connectivity index (χ1n) is 20.5. The smallest absolute Gasteiger partial charge is 0.269 e. The maximum absolute atomic E-state index is 13.2. The zero-order valence-electron chi connectivity index (χ0n) is 33.9. The van der Waals surface area contributed by atoms with Gasteiger partial charge < -0.3 is 10.7 Å². The fourth-order valence-corrected chi connectivity index (χ4v) is 9.92. The number of H-pyrrole nitrogens is 1. The van der Waals surface area contributed by atoms with Gasteiger partial charge in [0, 0.05) is 91.9 Å². The number of hydrogen-bond acceptors (Lipinski definition) is 11. The minimum Gasteiger partial charge on any atom is -0.346 e. The molecule has 0 aliphatic heterocycles. The first-order valence-corrected chi connectivity index (χ1v) is 24.6. The topological polar surface area (TPSA) is 192 Å². The van der Waals surface area contributed by atoms with E-state index in [0.717, 1.165) is 51.4 Å². The Hall–Kier alpha value is -4.80. The van der Waals surface area contributed by atoms with Gasteiger partial charge in [0.2, 0.25) is 15.0 Å². The highest BCUT2D eigenvalue weighted by molar-refractivity contribution is 7.90. The molecule has 7 aromatic rings. The van der Waals surface area contributed by atoms with Gasteiger partial charge in [-0.3, -0.25) is 0 Å². The SMILES string of the molecule is CS(=O)(=O)c1ncc(Cc2cn(S(=O)(=O)c3ccccc3)c3ncc(Cl)cc23)cn1.Clc1cnc2[nH]cc(Cc3cnc(CC4CCCCC4)nc3)c2c1.NC1CCCCC1. The van der Waals surface area contributed by atoms with Crippen molar-refractivity contribution in [2.24, 2.45) is 11.7 Å². The minimum atomic E-state index is -3.88. The Bertz CT molecular complexity index is 2770. The maximum atomic E-state index is 13.2. The fourth-order valence-electron chi connectivity index (χ4n) is 7.75. The third-order valence-corrected chi connectivity index (χ3v) is 13.9. The summed E-state index contributed by atoms with van der Waals surface area (Å²) in [4.78, 5) is 28.8. The van der Waals surface area contributed by atoms with Crippen LogP contribution in [0.3, 0.4) is 0 Å². The molecule has 0 amide bonds. The molecule has 0 unspecified atom stereocenters. The van der Waals surface area contributed by atoms with Gasteiger partial charge in [-0.2, -0.15) is 0 Å². The lowest BCUT2D eigenvalue weighted by Crippen LogP contribution is -2.22. The van der Waals surface area contributed by atoms with E-state index in [0.29, 0.717) is 32.6 Å². The number of aromatic amines is 1. The molecular weight excluding hydrogens is 854 g/mol. The third kappa shape index (κ3) is 11.6. The lowest BCUT2D eigenvalue weighted by molar-refractivity contribution is 0.351. The molecule has 0 bridgehead atoms. The number of sulfone groups is 1. The van der Waals surface area contributed by atoms with Crippen LogP contribution >= 0.6 is 23.2 Å². The van der Waals surface area contributed by atoms with Crippen LogP contribution in [0.4, 0.5) is 0 Å². The van der Waals surface area contributed by atoms with E-state index >= 15 is 0 Å². The summed E-state index contributed by atoms with van der Waals surface area (Å²) in [5.74, 6) is 1.75. The van der Waals surface area contributed by atoms with Gasteiger partial charge in [-0.25, -0.2) is 50.7 Å². The van der Waals surface area contributed by atoms with Crippen molar-refractivity contribution in [3.8, 4) is 0 Å². The zero-order chi connectivity index (χ0) is 43.0. The van der Waals surface area contributed by atoms with Crippen LogP contribution in [0.15, 0.2) is 102 Å². The van der Waals surface area contributed by atoms with E-state index in [1.165, 1.54) is 107 Å². The van der Waals surface area contributed by atoms with Crippen molar-refractivity contribution in [3.05, 3.63) is 130 Å². The monoisotopic (exact) mass is 901 g/mol. The summed E-state index contributed by atoms with van der Waals surface area (Å²) in [6.45, 7) is 0. The van der Waals surface area contributed by atoms with E-state index in [1.54, 1.807) is 30.5 Å². The molecule has 6 aromatic heterocycles. The standard InChI is InChI=1S/C19H15ClN4O4S2.C19H21ClN4.C6H13N/c1-29(25,26)19-22-9-13(10-23-19)7-14-12-24(18-17(14)8-15(20)11-21-18)30(27,28)16-5-3-2-4-6-16;20-16-8-17-15(11-23-19(17)24-12-16)6-14-9-21-18(22-10-14)7-13-4-2-1-3-5-13;7-6-4-2-1-3-5-6/h2-6,8-12H,7H2,1H3;8-13H,1-7H2,(H,23,24);6H,1-5,7H2. The molecule has 2 fully saturated rings. The van der Waals surface area contributed by atoms with Crippen molar-refractivity contribution < 1.29 is 16.8 Å². The van der Waals surface area contributed by atoms with Gasteiger partial charge in [-0.1, -0.05) is 92.8 Å². The number of nitrogens with two attached hydrogens (primary N) is 1. The molecule has 0 radical (unpaired) electrons. The lowest BCUT2D eigenvalue weighted by Gasteiger charge is -2.20. The molecule has 13 nitrogen and oxygen atoms in total. The van der Waals surface area contributed by atoms with Crippen molar-refractivity contribution in [2.75, 3.05) is 6.26 Å². The number of halogens is 2. The molecule has 2 saturated carbocycles. The fraction of sp³-hybridized carbons (Fsp3) is 0.364. The Morgan fingerprint density at radius 1 is 0.705 bits per heavy atom. The molecule has 1 aromatic carbocycles. The maximum Gasteiger partial charge on any atom is 0.269 e.